The maximum absolute atomic E-state index is 12.0. The van der Waals surface area contributed by atoms with E-state index in [1.54, 1.807) is 6.92 Å². The molecule has 1 unspecified atom stereocenters. The highest BCUT2D eigenvalue weighted by atomic mass is 16.6. The van der Waals surface area contributed by atoms with Crippen LogP contribution in [-0.4, -0.2) is 22.6 Å². The van der Waals surface area contributed by atoms with Crippen molar-refractivity contribution < 1.29 is 14.5 Å². The topological polar surface area (TPSA) is 93.8 Å². The summed E-state index contributed by atoms with van der Waals surface area (Å²) in [6.45, 7) is 3.83. The van der Waals surface area contributed by atoms with Crippen LogP contribution in [0.1, 0.15) is 39.5 Å². The quantitative estimate of drug-likeness (QED) is 0.666. The first-order valence-corrected chi connectivity index (χ1v) is 7.72. The molecule has 23 heavy (non-hydrogen) atoms. The van der Waals surface area contributed by atoms with Crippen molar-refractivity contribution in [3.8, 4) is 5.75 Å². The number of benzene rings is 1. The zero-order valence-electron chi connectivity index (χ0n) is 13.3. The fourth-order valence-electron chi connectivity index (χ4n) is 2.34. The van der Waals surface area contributed by atoms with Crippen molar-refractivity contribution >= 4 is 17.3 Å². The first-order valence-electron chi connectivity index (χ1n) is 7.72. The highest BCUT2D eigenvalue weighted by molar-refractivity contribution is 5.87. The average Bonchev–Trinajstić information content (AvgIpc) is 2.54. The number of nitrogens with zero attached hydrogens (tertiary/aromatic N) is 2. The van der Waals surface area contributed by atoms with Crippen molar-refractivity contribution in [2.45, 2.75) is 45.6 Å². The zero-order chi connectivity index (χ0) is 16.8. The number of nitrogens with one attached hydrogen (secondary N) is 1. The standard InChI is InChI=1S/C16H21N3O4/c1-11-3-5-13(6-4-11)17-18-16(20)12(2)23-15-9-7-14(8-10-15)19(21)22/h7-12H,3-6H2,1-2H3,(H,18,20). The smallest absolute Gasteiger partial charge is 0.280 e. The molecule has 0 bridgehead atoms. The fraction of sp³-hybridized carbons (Fsp3) is 0.500. The number of carbonyl (C=O) groups is 1. The number of non-ortho nitro benzene ring substituents is 1. The minimum absolute atomic E-state index is 0.0209. The molecule has 0 spiro atoms. The molecular formula is C16H21N3O4. The van der Waals surface area contributed by atoms with Gasteiger partial charge in [-0.2, -0.15) is 5.10 Å². The maximum Gasteiger partial charge on any atom is 0.280 e. The summed E-state index contributed by atoms with van der Waals surface area (Å²) in [5.41, 5.74) is 3.52. The zero-order valence-corrected chi connectivity index (χ0v) is 13.3. The van der Waals surface area contributed by atoms with E-state index in [1.807, 2.05) is 0 Å². The van der Waals surface area contributed by atoms with Gasteiger partial charge in [0, 0.05) is 17.8 Å². The van der Waals surface area contributed by atoms with Gasteiger partial charge in [-0.1, -0.05) is 6.92 Å². The molecule has 0 aromatic heterocycles. The van der Waals surface area contributed by atoms with Crippen LogP contribution in [0.5, 0.6) is 5.75 Å². The highest BCUT2D eigenvalue weighted by Crippen LogP contribution is 2.21. The second-order valence-electron chi connectivity index (χ2n) is 5.85. The van der Waals surface area contributed by atoms with E-state index >= 15 is 0 Å². The molecule has 1 N–H and O–H groups in total. The van der Waals surface area contributed by atoms with E-state index in [1.165, 1.54) is 24.3 Å². The van der Waals surface area contributed by atoms with E-state index in [9.17, 15) is 14.9 Å². The molecule has 1 aromatic carbocycles. The number of hydrogen-bond acceptors (Lipinski definition) is 5. The Hall–Kier alpha value is -2.44. The first-order chi connectivity index (χ1) is 11.0. The van der Waals surface area contributed by atoms with E-state index in [-0.39, 0.29) is 11.6 Å². The Morgan fingerprint density at radius 3 is 2.52 bits per heavy atom. The monoisotopic (exact) mass is 319 g/mol. The highest BCUT2D eigenvalue weighted by Gasteiger charge is 2.17. The summed E-state index contributed by atoms with van der Waals surface area (Å²) in [6, 6.07) is 5.61. The third-order valence-electron chi connectivity index (χ3n) is 3.91. The molecule has 0 heterocycles. The number of ether oxygens (including phenoxy) is 1. The van der Waals surface area contributed by atoms with Crippen molar-refractivity contribution in [1.82, 2.24) is 5.43 Å². The summed E-state index contributed by atoms with van der Waals surface area (Å²) >= 11 is 0. The fourth-order valence-corrected chi connectivity index (χ4v) is 2.34. The predicted octanol–water partition coefficient (Wildman–Crippen LogP) is 3.04. The molecule has 1 amide bonds. The lowest BCUT2D eigenvalue weighted by atomic mass is 9.90. The number of amides is 1. The van der Waals surface area contributed by atoms with Crippen molar-refractivity contribution in [3.63, 3.8) is 0 Å². The Labute approximate surface area is 134 Å². The van der Waals surface area contributed by atoms with Gasteiger partial charge < -0.3 is 4.74 Å². The molecule has 7 heteroatoms. The van der Waals surface area contributed by atoms with Gasteiger partial charge in [-0.3, -0.25) is 14.9 Å². The normalized spacial score (nSPS) is 18.9. The van der Waals surface area contributed by atoms with Crippen LogP contribution in [0.2, 0.25) is 0 Å². The van der Waals surface area contributed by atoms with Gasteiger partial charge in [-0.25, -0.2) is 5.43 Å². The number of nitro groups is 1. The summed E-state index contributed by atoms with van der Waals surface area (Å²) < 4.78 is 5.46. The van der Waals surface area contributed by atoms with E-state index in [2.05, 4.69) is 17.5 Å². The van der Waals surface area contributed by atoms with Crippen LogP contribution >= 0.6 is 0 Å². The van der Waals surface area contributed by atoms with Gasteiger partial charge in [0.1, 0.15) is 5.75 Å². The van der Waals surface area contributed by atoms with Crippen molar-refractivity contribution in [3.05, 3.63) is 34.4 Å². The summed E-state index contributed by atoms with van der Waals surface area (Å²) in [4.78, 5) is 22.1. The average molecular weight is 319 g/mol. The SMILES string of the molecule is CC1CCC(=NNC(=O)C(C)Oc2ccc([N+](=O)[O-])cc2)CC1. The molecule has 7 nitrogen and oxygen atoms in total. The first kappa shape index (κ1) is 16.9. The number of hydrogen-bond donors (Lipinski definition) is 1. The third kappa shape index (κ3) is 5.05. The lowest BCUT2D eigenvalue weighted by Crippen LogP contribution is -2.34. The van der Waals surface area contributed by atoms with Crippen LogP contribution < -0.4 is 10.2 Å². The molecule has 1 atom stereocenters. The van der Waals surface area contributed by atoms with Crippen LogP contribution in [-0.2, 0) is 4.79 Å². The summed E-state index contributed by atoms with van der Waals surface area (Å²) in [5.74, 6) is 0.779. The number of rotatable bonds is 5. The molecular weight excluding hydrogens is 298 g/mol. The minimum atomic E-state index is -0.733. The van der Waals surface area contributed by atoms with Crippen molar-refractivity contribution in [1.29, 1.82) is 0 Å². The van der Waals surface area contributed by atoms with Gasteiger partial charge in [0.15, 0.2) is 6.10 Å². The summed E-state index contributed by atoms with van der Waals surface area (Å²) in [7, 11) is 0. The summed E-state index contributed by atoms with van der Waals surface area (Å²) in [6.07, 6.45) is 3.30. The molecule has 2 rings (SSSR count). The largest absolute Gasteiger partial charge is 0.481 e. The van der Waals surface area contributed by atoms with Gasteiger partial charge in [0.05, 0.1) is 4.92 Å². The van der Waals surface area contributed by atoms with E-state index in [0.717, 1.165) is 31.4 Å². The Balaban J connectivity index is 1.85. The maximum atomic E-state index is 12.0. The second-order valence-corrected chi connectivity index (χ2v) is 5.85. The molecule has 0 radical (unpaired) electrons. The van der Waals surface area contributed by atoms with Gasteiger partial charge in [0.25, 0.3) is 11.6 Å². The second kappa shape index (κ2) is 7.71. The van der Waals surface area contributed by atoms with Crippen LogP contribution in [0.4, 0.5) is 5.69 Å². The Kier molecular flexibility index (Phi) is 5.67. The van der Waals surface area contributed by atoms with Gasteiger partial charge in [0.2, 0.25) is 0 Å². The van der Waals surface area contributed by atoms with Gasteiger partial charge >= 0.3 is 0 Å². The van der Waals surface area contributed by atoms with E-state index in [0.29, 0.717) is 11.7 Å². The Morgan fingerprint density at radius 2 is 1.96 bits per heavy atom. The van der Waals surface area contributed by atoms with Crippen LogP contribution in [0, 0.1) is 16.0 Å². The molecule has 0 aliphatic heterocycles. The van der Waals surface area contributed by atoms with Crippen LogP contribution in [0.25, 0.3) is 0 Å². The van der Waals surface area contributed by atoms with E-state index < -0.39 is 11.0 Å². The molecule has 124 valence electrons. The Morgan fingerprint density at radius 1 is 1.35 bits per heavy atom. The lowest BCUT2D eigenvalue weighted by molar-refractivity contribution is -0.384. The van der Waals surface area contributed by atoms with Gasteiger partial charge in [-0.15, -0.1) is 0 Å². The molecule has 0 saturated heterocycles. The van der Waals surface area contributed by atoms with Crippen molar-refractivity contribution in [2.75, 3.05) is 0 Å². The number of carbonyl (C=O) groups excluding carboxylic acids is 1. The molecule has 1 aliphatic carbocycles. The van der Waals surface area contributed by atoms with Crippen molar-refractivity contribution in [2.24, 2.45) is 11.0 Å². The molecule has 1 saturated carbocycles. The molecule has 1 aromatic rings. The van der Waals surface area contributed by atoms with Crippen LogP contribution in [0.15, 0.2) is 29.4 Å². The minimum Gasteiger partial charge on any atom is -0.481 e. The molecule has 1 aliphatic rings. The van der Waals surface area contributed by atoms with E-state index in [4.69, 9.17) is 4.74 Å². The lowest BCUT2D eigenvalue weighted by Gasteiger charge is -2.19. The summed E-state index contributed by atoms with van der Waals surface area (Å²) in [5, 5.41) is 14.7. The van der Waals surface area contributed by atoms with Crippen LogP contribution in [0.3, 0.4) is 0 Å². The third-order valence-corrected chi connectivity index (χ3v) is 3.91. The Bertz CT molecular complexity index is 588. The predicted molar refractivity (Wildman–Crippen MR) is 86.4 cm³/mol. The number of nitro benzene ring substituents is 1. The van der Waals surface area contributed by atoms with Gasteiger partial charge in [-0.05, 0) is 50.7 Å². The molecule has 1 fully saturated rings. The number of hydrazone groups is 1.